The molecular formula is C12H24N2O2. The van der Waals surface area contributed by atoms with Gasteiger partial charge < -0.3 is 16.2 Å². The van der Waals surface area contributed by atoms with Crippen LogP contribution in [0.25, 0.3) is 0 Å². The van der Waals surface area contributed by atoms with Crippen LogP contribution in [0.1, 0.15) is 40.0 Å². The topological polar surface area (TPSA) is 75.4 Å². The van der Waals surface area contributed by atoms with Gasteiger partial charge in [-0.15, -0.1) is 0 Å². The Bertz CT molecular complexity index is 243. The summed E-state index contributed by atoms with van der Waals surface area (Å²) in [5.74, 6) is 0.390. The van der Waals surface area contributed by atoms with Crippen molar-refractivity contribution < 1.29 is 9.90 Å². The highest BCUT2D eigenvalue weighted by molar-refractivity contribution is 5.82. The predicted octanol–water partition coefficient (Wildman–Crippen LogP) is 0.635. The van der Waals surface area contributed by atoms with Gasteiger partial charge >= 0.3 is 0 Å². The molecule has 16 heavy (non-hydrogen) atoms. The number of rotatable bonds is 3. The van der Waals surface area contributed by atoms with Gasteiger partial charge in [-0.25, -0.2) is 0 Å². The van der Waals surface area contributed by atoms with Crippen LogP contribution < -0.4 is 11.1 Å². The van der Waals surface area contributed by atoms with Crippen LogP contribution in [0.2, 0.25) is 0 Å². The Hall–Kier alpha value is -0.610. The number of nitrogens with one attached hydrogen (secondary N) is 1. The monoisotopic (exact) mass is 228 g/mol. The van der Waals surface area contributed by atoms with Crippen molar-refractivity contribution in [1.29, 1.82) is 0 Å². The van der Waals surface area contributed by atoms with Gasteiger partial charge in [-0.05, 0) is 31.1 Å². The van der Waals surface area contributed by atoms with Gasteiger partial charge in [0.05, 0.1) is 12.1 Å². The standard InChI is InChI=1S/C12H24N2O2/c1-7(2)11(13)12(16)14-9-5-4-8(3)10(15)6-9/h7-11,15H,4-6,13H2,1-3H3,(H,14,16)/t8-,9-,10-,11+/m1/s1. The van der Waals surface area contributed by atoms with E-state index in [4.69, 9.17) is 5.73 Å². The molecule has 0 radical (unpaired) electrons. The van der Waals surface area contributed by atoms with Crippen molar-refractivity contribution in [1.82, 2.24) is 5.32 Å². The third-order valence-electron chi connectivity index (χ3n) is 3.52. The summed E-state index contributed by atoms with van der Waals surface area (Å²) < 4.78 is 0. The number of carbonyl (C=O) groups is 1. The molecule has 1 fully saturated rings. The third kappa shape index (κ3) is 3.46. The Morgan fingerprint density at radius 1 is 1.44 bits per heavy atom. The molecule has 1 aliphatic rings. The summed E-state index contributed by atoms with van der Waals surface area (Å²) in [7, 11) is 0. The molecule has 0 unspecified atom stereocenters. The van der Waals surface area contributed by atoms with Crippen molar-refractivity contribution >= 4 is 5.91 Å². The number of carbonyl (C=O) groups excluding carboxylic acids is 1. The second-order valence-electron chi connectivity index (χ2n) is 5.33. The van der Waals surface area contributed by atoms with Crippen LogP contribution in [0.5, 0.6) is 0 Å². The number of aliphatic hydroxyl groups is 1. The van der Waals surface area contributed by atoms with Crippen molar-refractivity contribution in [2.45, 2.75) is 58.2 Å². The zero-order chi connectivity index (χ0) is 12.3. The first-order valence-electron chi connectivity index (χ1n) is 6.15. The van der Waals surface area contributed by atoms with E-state index in [1.165, 1.54) is 0 Å². The van der Waals surface area contributed by atoms with E-state index in [-0.39, 0.29) is 24.0 Å². The fourth-order valence-corrected chi connectivity index (χ4v) is 2.03. The highest BCUT2D eigenvalue weighted by atomic mass is 16.3. The lowest BCUT2D eigenvalue weighted by molar-refractivity contribution is -0.124. The summed E-state index contributed by atoms with van der Waals surface area (Å²) in [6.45, 7) is 5.91. The molecule has 0 heterocycles. The van der Waals surface area contributed by atoms with Crippen molar-refractivity contribution in [2.24, 2.45) is 17.6 Å². The molecule has 1 aliphatic carbocycles. The minimum atomic E-state index is -0.448. The first-order chi connectivity index (χ1) is 7.41. The molecule has 0 saturated heterocycles. The average molecular weight is 228 g/mol. The molecule has 0 bridgehead atoms. The molecule has 0 spiro atoms. The third-order valence-corrected chi connectivity index (χ3v) is 3.52. The van der Waals surface area contributed by atoms with Crippen LogP contribution in [-0.2, 0) is 4.79 Å². The summed E-state index contributed by atoms with van der Waals surface area (Å²) in [5.41, 5.74) is 5.76. The zero-order valence-electron chi connectivity index (χ0n) is 10.4. The van der Waals surface area contributed by atoms with E-state index in [9.17, 15) is 9.90 Å². The van der Waals surface area contributed by atoms with Gasteiger partial charge in [0.2, 0.25) is 5.91 Å². The SMILES string of the molecule is CC(C)[C@H](N)C(=O)N[C@@H]1CC[C@@H](C)[C@H](O)C1. The smallest absolute Gasteiger partial charge is 0.237 e. The Labute approximate surface area is 97.6 Å². The fraction of sp³-hybridized carbons (Fsp3) is 0.917. The fourth-order valence-electron chi connectivity index (χ4n) is 2.03. The molecular weight excluding hydrogens is 204 g/mol. The molecule has 0 aromatic heterocycles. The van der Waals surface area contributed by atoms with Crippen LogP contribution in [-0.4, -0.2) is 29.2 Å². The van der Waals surface area contributed by atoms with Gasteiger partial charge in [0.1, 0.15) is 0 Å². The molecule has 0 aliphatic heterocycles. The predicted molar refractivity (Wildman–Crippen MR) is 63.8 cm³/mol. The summed E-state index contributed by atoms with van der Waals surface area (Å²) >= 11 is 0. The molecule has 4 heteroatoms. The molecule has 94 valence electrons. The van der Waals surface area contributed by atoms with Gasteiger partial charge in [0, 0.05) is 6.04 Å². The summed E-state index contributed by atoms with van der Waals surface area (Å²) in [5, 5.41) is 12.7. The Morgan fingerprint density at radius 3 is 2.56 bits per heavy atom. The molecule has 0 aromatic carbocycles. The summed E-state index contributed by atoms with van der Waals surface area (Å²) in [6.07, 6.45) is 2.25. The highest BCUT2D eigenvalue weighted by Gasteiger charge is 2.28. The van der Waals surface area contributed by atoms with Crippen molar-refractivity contribution in [3.8, 4) is 0 Å². The lowest BCUT2D eigenvalue weighted by Gasteiger charge is -2.32. The van der Waals surface area contributed by atoms with E-state index in [2.05, 4.69) is 5.32 Å². The van der Waals surface area contributed by atoms with Gasteiger partial charge in [-0.3, -0.25) is 4.79 Å². The first kappa shape index (κ1) is 13.5. The summed E-state index contributed by atoms with van der Waals surface area (Å²) in [6, 6.07) is -0.361. The first-order valence-corrected chi connectivity index (χ1v) is 6.15. The lowest BCUT2D eigenvalue weighted by Crippen LogP contribution is -2.50. The Balaban J connectivity index is 2.40. The van der Waals surface area contributed by atoms with Gasteiger partial charge in [0.25, 0.3) is 0 Å². The number of aliphatic hydroxyl groups excluding tert-OH is 1. The largest absolute Gasteiger partial charge is 0.393 e. The van der Waals surface area contributed by atoms with Gasteiger partial charge in [-0.1, -0.05) is 20.8 Å². The van der Waals surface area contributed by atoms with E-state index in [0.29, 0.717) is 12.3 Å². The van der Waals surface area contributed by atoms with E-state index in [1.807, 2.05) is 20.8 Å². The van der Waals surface area contributed by atoms with Crippen LogP contribution in [0.3, 0.4) is 0 Å². The maximum Gasteiger partial charge on any atom is 0.237 e. The van der Waals surface area contributed by atoms with Gasteiger partial charge in [-0.2, -0.15) is 0 Å². The average Bonchev–Trinajstić information content (AvgIpc) is 2.22. The molecule has 0 aromatic rings. The number of nitrogens with two attached hydrogens (primary N) is 1. The van der Waals surface area contributed by atoms with Crippen LogP contribution in [0.4, 0.5) is 0 Å². The van der Waals surface area contributed by atoms with E-state index in [1.54, 1.807) is 0 Å². The maximum atomic E-state index is 11.7. The molecule has 1 saturated carbocycles. The van der Waals surface area contributed by atoms with Crippen LogP contribution in [0.15, 0.2) is 0 Å². The molecule has 4 N–H and O–H groups in total. The van der Waals surface area contributed by atoms with Crippen molar-refractivity contribution in [3.05, 3.63) is 0 Å². The molecule has 1 amide bonds. The zero-order valence-corrected chi connectivity index (χ0v) is 10.4. The minimum absolute atomic E-state index is 0.0866. The van der Waals surface area contributed by atoms with E-state index >= 15 is 0 Å². The molecule has 4 nitrogen and oxygen atoms in total. The normalized spacial score (nSPS) is 32.5. The van der Waals surface area contributed by atoms with E-state index in [0.717, 1.165) is 12.8 Å². The van der Waals surface area contributed by atoms with Crippen molar-refractivity contribution in [3.63, 3.8) is 0 Å². The number of hydrogen-bond donors (Lipinski definition) is 3. The van der Waals surface area contributed by atoms with Crippen molar-refractivity contribution in [2.75, 3.05) is 0 Å². The molecule has 1 rings (SSSR count). The van der Waals surface area contributed by atoms with Crippen LogP contribution in [0, 0.1) is 11.8 Å². The van der Waals surface area contributed by atoms with Crippen LogP contribution >= 0.6 is 0 Å². The lowest BCUT2D eigenvalue weighted by atomic mass is 9.84. The molecule has 4 atom stereocenters. The summed E-state index contributed by atoms with van der Waals surface area (Å²) in [4.78, 5) is 11.7. The Morgan fingerprint density at radius 2 is 2.06 bits per heavy atom. The quantitative estimate of drug-likeness (QED) is 0.663. The second kappa shape index (κ2) is 5.64. The van der Waals surface area contributed by atoms with E-state index < -0.39 is 6.04 Å². The highest BCUT2D eigenvalue weighted by Crippen LogP contribution is 2.24. The Kier molecular flexibility index (Phi) is 4.74. The number of hydrogen-bond acceptors (Lipinski definition) is 3. The number of amides is 1. The second-order valence-corrected chi connectivity index (χ2v) is 5.33. The maximum absolute atomic E-state index is 11.7. The minimum Gasteiger partial charge on any atom is -0.393 e. The van der Waals surface area contributed by atoms with Gasteiger partial charge in [0.15, 0.2) is 0 Å².